The smallest absolute Gasteiger partial charge is 0.00103 e. The molecular weight excluding hydrogens is 206 g/mol. The van der Waals surface area contributed by atoms with Crippen LogP contribution in [0.1, 0.15) is 52.2 Å². The van der Waals surface area contributed by atoms with Crippen molar-refractivity contribution in [3.05, 3.63) is 35.4 Å². The van der Waals surface area contributed by atoms with Gasteiger partial charge in [-0.25, -0.2) is 0 Å². The topological polar surface area (TPSA) is 12.0 Å². The summed E-state index contributed by atoms with van der Waals surface area (Å²) in [6, 6.07) is 9.68. The molecule has 0 spiro atoms. The molecule has 0 bridgehead atoms. The fourth-order valence-corrected chi connectivity index (χ4v) is 1.85. The van der Waals surface area contributed by atoms with Crippen LogP contribution in [0.5, 0.6) is 0 Å². The van der Waals surface area contributed by atoms with Crippen LogP contribution in [0.4, 0.5) is 0 Å². The molecule has 1 heteroatoms. The quantitative estimate of drug-likeness (QED) is 0.760. The molecule has 0 heterocycles. The molecule has 0 saturated heterocycles. The largest absolute Gasteiger partial charge is 0.315 e. The Morgan fingerprint density at radius 1 is 1.06 bits per heavy atom. The zero-order valence-electron chi connectivity index (χ0n) is 12.0. The minimum Gasteiger partial charge on any atom is -0.315 e. The van der Waals surface area contributed by atoms with Gasteiger partial charge in [-0.3, -0.25) is 0 Å². The summed E-state index contributed by atoms with van der Waals surface area (Å²) in [5, 5.41) is 3.45. The van der Waals surface area contributed by atoms with E-state index in [1.165, 1.54) is 24.0 Å². The van der Waals surface area contributed by atoms with E-state index in [2.05, 4.69) is 64.2 Å². The molecule has 1 aromatic rings. The summed E-state index contributed by atoms with van der Waals surface area (Å²) in [5.74, 6) is 0. The summed E-state index contributed by atoms with van der Waals surface area (Å²) in [5.41, 5.74) is 3.13. The third kappa shape index (κ3) is 5.36. The zero-order chi connectivity index (χ0) is 12.9. The van der Waals surface area contributed by atoms with Crippen LogP contribution in [0.25, 0.3) is 0 Å². The maximum atomic E-state index is 3.45. The number of hydrogen-bond acceptors (Lipinski definition) is 1. The number of benzene rings is 1. The minimum absolute atomic E-state index is 0.262. The van der Waals surface area contributed by atoms with Crippen LogP contribution in [0.2, 0.25) is 0 Å². The Kier molecular flexibility index (Phi) is 5.20. The highest BCUT2D eigenvalue weighted by Gasteiger charge is 2.12. The highest BCUT2D eigenvalue weighted by Crippen LogP contribution is 2.22. The van der Waals surface area contributed by atoms with Crippen LogP contribution < -0.4 is 5.32 Å². The lowest BCUT2D eigenvalue weighted by molar-refractivity contribution is 0.570. The van der Waals surface area contributed by atoms with E-state index in [1.54, 1.807) is 0 Å². The summed E-state index contributed by atoms with van der Waals surface area (Å²) in [6.07, 6.45) is 2.39. The van der Waals surface area contributed by atoms with E-state index in [-0.39, 0.29) is 5.41 Å². The Morgan fingerprint density at radius 2 is 1.65 bits per heavy atom. The normalized spacial score (nSPS) is 12.1. The molecule has 0 amide bonds. The van der Waals surface area contributed by atoms with Crippen molar-refractivity contribution in [2.24, 2.45) is 0 Å². The molecule has 0 saturated carbocycles. The first kappa shape index (κ1) is 14.2. The van der Waals surface area contributed by atoms with Crippen molar-refractivity contribution in [2.75, 3.05) is 6.54 Å². The third-order valence-electron chi connectivity index (χ3n) is 3.01. The van der Waals surface area contributed by atoms with Gasteiger partial charge in [0.15, 0.2) is 0 Å². The van der Waals surface area contributed by atoms with Gasteiger partial charge in [0, 0.05) is 6.04 Å². The molecule has 0 atom stereocenters. The van der Waals surface area contributed by atoms with Crippen LogP contribution in [0, 0.1) is 0 Å². The second kappa shape index (κ2) is 6.20. The maximum Gasteiger partial charge on any atom is 0.00103 e. The van der Waals surface area contributed by atoms with E-state index in [9.17, 15) is 0 Å². The van der Waals surface area contributed by atoms with Crippen molar-refractivity contribution in [1.82, 2.24) is 5.32 Å². The van der Waals surface area contributed by atoms with Crippen LogP contribution in [0.3, 0.4) is 0 Å². The first-order valence-corrected chi connectivity index (χ1v) is 6.72. The van der Waals surface area contributed by atoms with Gasteiger partial charge < -0.3 is 5.32 Å². The first-order chi connectivity index (χ1) is 7.89. The summed E-state index contributed by atoms with van der Waals surface area (Å²) in [6.45, 7) is 12.3. The fraction of sp³-hybridized carbons (Fsp3) is 0.625. The van der Waals surface area contributed by atoms with Crippen molar-refractivity contribution in [3.8, 4) is 0 Å². The molecule has 17 heavy (non-hydrogen) atoms. The molecule has 0 radical (unpaired) electrons. The second-order valence-electron chi connectivity index (χ2n) is 6.16. The van der Waals surface area contributed by atoms with Gasteiger partial charge in [-0.1, -0.05) is 58.9 Å². The van der Waals surface area contributed by atoms with E-state index >= 15 is 0 Å². The average molecular weight is 233 g/mol. The van der Waals surface area contributed by atoms with Crippen molar-refractivity contribution >= 4 is 0 Å². The average Bonchev–Trinajstić information content (AvgIpc) is 2.23. The van der Waals surface area contributed by atoms with E-state index in [0.29, 0.717) is 6.04 Å². The molecule has 0 fully saturated rings. The number of aryl methyl sites for hydroxylation is 1. The molecular formula is C16H27N. The minimum atomic E-state index is 0.262. The Balaban J connectivity index is 2.41. The monoisotopic (exact) mass is 233 g/mol. The van der Waals surface area contributed by atoms with Gasteiger partial charge in [-0.2, -0.15) is 0 Å². The molecule has 0 aliphatic carbocycles. The SMILES string of the molecule is CC(C)NCCCc1ccc(C(C)(C)C)cc1. The molecule has 1 rings (SSSR count). The number of rotatable bonds is 5. The summed E-state index contributed by atoms with van der Waals surface area (Å²) in [4.78, 5) is 0. The lowest BCUT2D eigenvalue weighted by atomic mass is 9.86. The van der Waals surface area contributed by atoms with Gasteiger partial charge in [0.05, 0.1) is 0 Å². The van der Waals surface area contributed by atoms with Crippen molar-refractivity contribution in [2.45, 2.75) is 58.9 Å². The van der Waals surface area contributed by atoms with Gasteiger partial charge >= 0.3 is 0 Å². The van der Waals surface area contributed by atoms with Gasteiger partial charge in [-0.05, 0) is 35.9 Å². The van der Waals surface area contributed by atoms with Crippen molar-refractivity contribution < 1.29 is 0 Å². The van der Waals surface area contributed by atoms with Gasteiger partial charge in [0.2, 0.25) is 0 Å². The summed E-state index contributed by atoms with van der Waals surface area (Å²) in [7, 11) is 0. The third-order valence-corrected chi connectivity index (χ3v) is 3.01. The molecule has 1 N–H and O–H groups in total. The molecule has 0 aliphatic rings. The molecule has 0 aliphatic heterocycles. The van der Waals surface area contributed by atoms with E-state index in [0.717, 1.165) is 6.54 Å². The predicted molar refractivity (Wildman–Crippen MR) is 76.6 cm³/mol. The molecule has 1 aromatic carbocycles. The number of hydrogen-bond donors (Lipinski definition) is 1. The second-order valence-corrected chi connectivity index (χ2v) is 6.16. The van der Waals surface area contributed by atoms with E-state index < -0.39 is 0 Å². The maximum absolute atomic E-state index is 3.45. The van der Waals surface area contributed by atoms with Crippen LogP contribution in [-0.4, -0.2) is 12.6 Å². The highest BCUT2D eigenvalue weighted by molar-refractivity contribution is 5.27. The van der Waals surface area contributed by atoms with Crippen LogP contribution in [-0.2, 0) is 11.8 Å². The predicted octanol–water partition coefficient (Wildman–Crippen LogP) is 3.91. The molecule has 1 nitrogen and oxygen atoms in total. The van der Waals surface area contributed by atoms with Crippen LogP contribution in [0.15, 0.2) is 24.3 Å². The lowest BCUT2D eigenvalue weighted by Gasteiger charge is -2.19. The Morgan fingerprint density at radius 3 is 2.12 bits per heavy atom. The van der Waals surface area contributed by atoms with E-state index in [1.807, 2.05) is 0 Å². The van der Waals surface area contributed by atoms with Crippen molar-refractivity contribution in [3.63, 3.8) is 0 Å². The van der Waals surface area contributed by atoms with Gasteiger partial charge in [-0.15, -0.1) is 0 Å². The molecule has 0 aromatic heterocycles. The van der Waals surface area contributed by atoms with Gasteiger partial charge in [0.1, 0.15) is 0 Å². The lowest BCUT2D eigenvalue weighted by Crippen LogP contribution is -2.23. The van der Waals surface area contributed by atoms with Crippen LogP contribution >= 0.6 is 0 Å². The summed E-state index contributed by atoms with van der Waals surface area (Å²) >= 11 is 0. The zero-order valence-corrected chi connectivity index (χ0v) is 12.0. The molecule has 0 unspecified atom stereocenters. The standard InChI is InChI=1S/C16H27N/c1-13(2)17-12-6-7-14-8-10-15(11-9-14)16(3,4)5/h8-11,13,17H,6-7,12H2,1-5H3. The highest BCUT2D eigenvalue weighted by atomic mass is 14.9. The van der Waals surface area contributed by atoms with Crippen molar-refractivity contribution in [1.29, 1.82) is 0 Å². The summed E-state index contributed by atoms with van der Waals surface area (Å²) < 4.78 is 0. The Hall–Kier alpha value is -0.820. The number of nitrogens with one attached hydrogen (secondary N) is 1. The molecule has 96 valence electrons. The fourth-order valence-electron chi connectivity index (χ4n) is 1.85. The Bertz CT molecular complexity index is 316. The Labute approximate surface area is 107 Å². The van der Waals surface area contributed by atoms with Gasteiger partial charge in [0.25, 0.3) is 0 Å². The van der Waals surface area contributed by atoms with E-state index in [4.69, 9.17) is 0 Å². The first-order valence-electron chi connectivity index (χ1n) is 6.72.